The second-order valence-electron chi connectivity index (χ2n) is 9.56. The van der Waals surface area contributed by atoms with E-state index in [1.54, 1.807) is 19.2 Å². The Kier molecular flexibility index (Phi) is 6.38. The highest BCUT2D eigenvalue weighted by molar-refractivity contribution is 6.33. The Morgan fingerprint density at radius 1 is 1.00 bits per heavy atom. The number of amides is 1. The number of anilines is 1. The van der Waals surface area contributed by atoms with Gasteiger partial charge in [-0.25, -0.2) is 4.98 Å². The molecule has 6 rings (SSSR count). The summed E-state index contributed by atoms with van der Waals surface area (Å²) in [6, 6.07) is 11.3. The van der Waals surface area contributed by atoms with E-state index in [-0.39, 0.29) is 5.91 Å². The number of carbonyl (C=O) groups is 1. The number of aryl methyl sites for hydroxylation is 1. The first-order valence-electron chi connectivity index (χ1n) is 12.6. The Labute approximate surface area is 219 Å². The minimum absolute atomic E-state index is 0.105. The molecule has 2 aliphatic rings. The van der Waals surface area contributed by atoms with Gasteiger partial charge in [0.15, 0.2) is 0 Å². The third-order valence-electron chi connectivity index (χ3n) is 7.25. The molecular weight excluding hydrogens is 492 g/mol. The maximum atomic E-state index is 13.5. The lowest BCUT2D eigenvalue weighted by Crippen LogP contribution is -2.49. The SMILES string of the molecule is Cc1onc(-c2ccccc2Cl)c1C(=O)N1CCN(c2ccc(-c3noc(C4CCCC4)n3)cn2)CC1. The van der Waals surface area contributed by atoms with Crippen LogP contribution in [0.3, 0.4) is 0 Å². The van der Waals surface area contributed by atoms with E-state index in [1.807, 2.05) is 35.2 Å². The molecular formula is C27H27ClN6O3. The molecule has 3 aromatic heterocycles. The van der Waals surface area contributed by atoms with Crippen LogP contribution in [0.1, 0.15) is 53.6 Å². The lowest BCUT2D eigenvalue weighted by atomic mass is 10.0. The standard InChI is InChI=1S/C27H27ClN6O3/c1-17-23(24(31-36-17)20-8-4-5-9-21(20)28)27(35)34-14-12-33(13-15-34)22-11-10-19(16-29-22)25-30-26(37-32-25)18-6-2-3-7-18/h4-5,8-11,16,18H,2-3,6-7,12-15H2,1H3. The van der Waals surface area contributed by atoms with Gasteiger partial charge in [-0.3, -0.25) is 4.79 Å². The topological polar surface area (TPSA) is 101 Å². The molecule has 0 unspecified atom stereocenters. The summed E-state index contributed by atoms with van der Waals surface area (Å²) in [6.07, 6.45) is 6.46. The molecule has 10 heteroatoms. The summed E-state index contributed by atoms with van der Waals surface area (Å²) in [5.74, 6) is 2.93. The zero-order valence-corrected chi connectivity index (χ0v) is 21.3. The fraction of sp³-hybridized carbons (Fsp3) is 0.370. The first-order valence-corrected chi connectivity index (χ1v) is 13.0. The maximum absolute atomic E-state index is 13.5. The number of piperazine rings is 1. The van der Waals surface area contributed by atoms with Crippen molar-refractivity contribution in [3.8, 4) is 22.6 Å². The molecule has 0 atom stereocenters. The fourth-order valence-electron chi connectivity index (χ4n) is 5.15. The molecule has 4 aromatic rings. The Morgan fingerprint density at radius 3 is 2.51 bits per heavy atom. The molecule has 0 N–H and O–H groups in total. The van der Waals surface area contributed by atoms with Gasteiger partial charge in [0, 0.05) is 49.4 Å². The van der Waals surface area contributed by atoms with Gasteiger partial charge in [-0.15, -0.1) is 0 Å². The van der Waals surface area contributed by atoms with Crippen molar-refractivity contribution in [1.82, 2.24) is 25.2 Å². The molecule has 1 aromatic carbocycles. The number of benzene rings is 1. The molecule has 0 spiro atoms. The van der Waals surface area contributed by atoms with Crippen LogP contribution in [0, 0.1) is 6.92 Å². The summed E-state index contributed by atoms with van der Waals surface area (Å²) in [7, 11) is 0. The minimum Gasteiger partial charge on any atom is -0.360 e. The van der Waals surface area contributed by atoms with Gasteiger partial charge < -0.3 is 18.8 Å². The normalized spacial score (nSPS) is 16.5. The summed E-state index contributed by atoms with van der Waals surface area (Å²) in [6.45, 7) is 4.20. The van der Waals surface area contributed by atoms with Crippen molar-refractivity contribution in [2.45, 2.75) is 38.5 Å². The molecule has 0 radical (unpaired) electrons. The van der Waals surface area contributed by atoms with E-state index in [0.29, 0.717) is 65.5 Å². The van der Waals surface area contributed by atoms with E-state index in [9.17, 15) is 4.79 Å². The Balaban J connectivity index is 1.12. The van der Waals surface area contributed by atoms with E-state index in [4.69, 9.17) is 20.6 Å². The Bertz CT molecular complexity index is 1400. The van der Waals surface area contributed by atoms with E-state index in [2.05, 4.69) is 25.2 Å². The van der Waals surface area contributed by atoms with Crippen molar-refractivity contribution in [2.75, 3.05) is 31.1 Å². The van der Waals surface area contributed by atoms with Crippen LogP contribution in [0.15, 0.2) is 51.6 Å². The number of rotatable bonds is 5. The van der Waals surface area contributed by atoms with Gasteiger partial charge >= 0.3 is 0 Å². The molecule has 4 heterocycles. The van der Waals surface area contributed by atoms with E-state index in [0.717, 1.165) is 30.1 Å². The average molecular weight is 519 g/mol. The molecule has 1 saturated carbocycles. The molecule has 9 nitrogen and oxygen atoms in total. The fourth-order valence-corrected chi connectivity index (χ4v) is 5.38. The van der Waals surface area contributed by atoms with Crippen LogP contribution in [0.5, 0.6) is 0 Å². The molecule has 2 fully saturated rings. The number of aromatic nitrogens is 4. The van der Waals surface area contributed by atoms with Crippen LogP contribution in [-0.2, 0) is 0 Å². The molecule has 1 saturated heterocycles. The molecule has 190 valence electrons. The first kappa shape index (κ1) is 23.7. The Morgan fingerprint density at radius 2 is 1.78 bits per heavy atom. The largest absolute Gasteiger partial charge is 0.360 e. The van der Waals surface area contributed by atoms with Gasteiger partial charge in [0.25, 0.3) is 5.91 Å². The smallest absolute Gasteiger partial charge is 0.259 e. The van der Waals surface area contributed by atoms with Crippen LogP contribution < -0.4 is 4.90 Å². The Hall–Kier alpha value is -3.72. The number of halogens is 1. The monoisotopic (exact) mass is 518 g/mol. The van der Waals surface area contributed by atoms with Crippen molar-refractivity contribution in [3.05, 3.63) is 64.8 Å². The van der Waals surface area contributed by atoms with Crippen LogP contribution in [0.2, 0.25) is 5.02 Å². The first-order chi connectivity index (χ1) is 18.1. The van der Waals surface area contributed by atoms with Crippen LogP contribution >= 0.6 is 11.6 Å². The van der Waals surface area contributed by atoms with Crippen LogP contribution in [0.4, 0.5) is 5.82 Å². The number of nitrogens with zero attached hydrogens (tertiary/aromatic N) is 6. The van der Waals surface area contributed by atoms with Gasteiger partial charge in [0.2, 0.25) is 11.7 Å². The van der Waals surface area contributed by atoms with Crippen molar-refractivity contribution in [2.24, 2.45) is 0 Å². The van der Waals surface area contributed by atoms with Crippen molar-refractivity contribution >= 4 is 23.3 Å². The third kappa shape index (κ3) is 4.59. The summed E-state index contributed by atoms with van der Waals surface area (Å²) in [5.41, 5.74) is 2.45. The quantitative estimate of drug-likeness (QED) is 0.347. The highest BCUT2D eigenvalue weighted by Crippen LogP contribution is 2.34. The maximum Gasteiger partial charge on any atom is 0.259 e. The van der Waals surface area contributed by atoms with Crippen LogP contribution in [0.25, 0.3) is 22.6 Å². The lowest BCUT2D eigenvalue weighted by molar-refractivity contribution is 0.0745. The second-order valence-corrected chi connectivity index (χ2v) is 9.97. The molecule has 37 heavy (non-hydrogen) atoms. The summed E-state index contributed by atoms with van der Waals surface area (Å²) in [4.78, 5) is 26.7. The van der Waals surface area contributed by atoms with E-state index < -0.39 is 0 Å². The van der Waals surface area contributed by atoms with Gasteiger partial charge in [-0.05, 0) is 38.0 Å². The van der Waals surface area contributed by atoms with Gasteiger partial charge in [0.05, 0.1) is 5.02 Å². The zero-order chi connectivity index (χ0) is 25.4. The predicted molar refractivity (Wildman–Crippen MR) is 139 cm³/mol. The minimum atomic E-state index is -0.105. The number of hydrogen-bond acceptors (Lipinski definition) is 8. The van der Waals surface area contributed by atoms with Gasteiger partial charge in [0.1, 0.15) is 22.8 Å². The average Bonchev–Trinajstić information content (AvgIpc) is 3.70. The highest BCUT2D eigenvalue weighted by Gasteiger charge is 2.30. The number of hydrogen-bond donors (Lipinski definition) is 0. The van der Waals surface area contributed by atoms with Crippen molar-refractivity contribution < 1.29 is 13.8 Å². The molecule has 1 aliphatic heterocycles. The molecule has 0 bridgehead atoms. The van der Waals surface area contributed by atoms with Crippen LogP contribution in [-0.4, -0.2) is 57.3 Å². The number of pyridine rings is 1. The lowest BCUT2D eigenvalue weighted by Gasteiger charge is -2.35. The van der Waals surface area contributed by atoms with Crippen molar-refractivity contribution in [3.63, 3.8) is 0 Å². The number of carbonyl (C=O) groups excluding carboxylic acids is 1. The highest BCUT2D eigenvalue weighted by atomic mass is 35.5. The zero-order valence-electron chi connectivity index (χ0n) is 20.6. The molecule has 1 aliphatic carbocycles. The summed E-state index contributed by atoms with van der Waals surface area (Å²) < 4.78 is 10.9. The van der Waals surface area contributed by atoms with Gasteiger partial charge in [-0.2, -0.15) is 4.98 Å². The van der Waals surface area contributed by atoms with Crippen molar-refractivity contribution in [1.29, 1.82) is 0 Å². The second kappa shape index (κ2) is 9.97. The summed E-state index contributed by atoms with van der Waals surface area (Å²) in [5, 5.41) is 8.83. The molecule has 1 amide bonds. The van der Waals surface area contributed by atoms with E-state index in [1.165, 1.54) is 12.8 Å². The predicted octanol–water partition coefficient (Wildman–Crippen LogP) is 5.37. The summed E-state index contributed by atoms with van der Waals surface area (Å²) >= 11 is 6.37. The van der Waals surface area contributed by atoms with Gasteiger partial charge in [-0.1, -0.05) is 53.0 Å². The van der Waals surface area contributed by atoms with E-state index >= 15 is 0 Å². The third-order valence-corrected chi connectivity index (χ3v) is 7.58.